The lowest BCUT2D eigenvalue weighted by molar-refractivity contribution is -0.689. The minimum absolute atomic E-state index is 0.185. The summed E-state index contributed by atoms with van der Waals surface area (Å²) in [6, 6.07) is 4.48. The highest BCUT2D eigenvalue weighted by molar-refractivity contribution is 8.00. The predicted molar refractivity (Wildman–Crippen MR) is 129 cm³/mol. The molecule has 0 bridgehead atoms. The maximum absolute atomic E-state index is 13.2. The van der Waals surface area contributed by atoms with E-state index in [-0.39, 0.29) is 33.9 Å². The summed E-state index contributed by atoms with van der Waals surface area (Å²) in [5.41, 5.74) is 5.85. The summed E-state index contributed by atoms with van der Waals surface area (Å²) in [6.07, 6.45) is 4.47. The molecule has 3 amide bonds. The minimum Gasteiger partial charge on any atom is -0.543 e. The molecule has 3 aliphatic heterocycles. The second-order valence-corrected chi connectivity index (χ2v) is 10.5. The molecule has 4 N–H and O–H groups in total. The summed E-state index contributed by atoms with van der Waals surface area (Å²) in [7, 11) is 0. The number of pyridine rings is 1. The van der Waals surface area contributed by atoms with Crippen molar-refractivity contribution in [1.82, 2.24) is 20.5 Å². The first-order valence-corrected chi connectivity index (χ1v) is 13.1. The third kappa shape index (κ3) is 4.86. The summed E-state index contributed by atoms with van der Waals surface area (Å²) in [5.74, 6) is -2.80. The third-order valence-corrected chi connectivity index (χ3v) is 8.09. The largest absolute Gasteiger partial charge is 0.543 e. The molecular weight excluding hydrogens is 522 g/mol. The Morgan fingerprint density at radius 3 is 2.76 bits per heavy atom. The van der Waals surface area contributed by atoms with E-state index in [1.807, 2.05) is 18.2 Å². The summed E-state index contributed by atoms with van der Waals surface area (Å²) < 4.78 is 1.80. The van der Waals surface area contributed by atoms with Crippen molar-refractivity contribution in [2.75, 3.05) is 18.0 Å². The number of hydrogen-bond donors (Lipinski definition) is 3. The molecule has 2 saturated heterocycles. The molecule has 3 atom stereocenters. The number of oxime groups is 1. The monoisotopic (exact) mass is 543 g/mol. The number of nitrogens with two attached hydrogens (primary N) is 1. The lowest BCUT2D eigenvalue weighted by Gasteiger charge is -2.50. The van der Waals surface area contributed by atoms with Crippen molar-refractivity contribution in [1.29, 1.82) is 0 Å². The molecule has 3 unspecified atom stereocenters. The number of fused-ring (bicyclic) bond motifs is 1. The number of rotatable bonds is 8. The molecule has 0 saturated carbocycles. The average molecular weight is 544 g/mol. The molecule has 0 radical (unpaired) electrons. The normalized spacial score (nSPS) is 23.3. The Morgan fingerprint density at radius 2 is 2.11 bits per heavy atom. The van der Waals surface area contributed by atoms with Crippen molar-refractivity contribution in [2.24, 2.45) is 5.16 Å². The molecule has 192 valence electrons. The molecule has 0 spiro atoms. The molecule has 13 nitrogen and oxygen atoms in total. The fourth-order valence-electron chi connectivity index (χ4n) is 4.15. The first-order chi connectivity index (χ1) is 17.8. The smallest absolute Gasteiger partial charge is 0.275 e. The number of thiazole rings is 1. The highest BCUT2D eigenvalue weighted by Gasteiger charge is 2.53. The van der Waals surface area contributed by atoms with Crippen LogP contribution in [0.4, 0.5) is 5.13 Å². The first-order valence-electron chi connectivity index (χ1n) is 11.2. The van der Waals surface area contributed by atoms with E-state index in [0.717, 1.165) is 16.2 Å². The maximum Gasteiger partial charge on any atom is 0.275 e. The van der Waals surface area contributed by atoms with Crippen LogP contribution in [0.15, 0.2) is 53.2 Å². The fraction of sp³-hybridized carbons (Fsp3) is 0.318. The molecule has 5 rings (SSSR count). The molecule has 2 aromatic heterocycles. The first kappa shape index (κ1) is 24.7. The highest BCUT2D eigenvalue weighted by atomic mass is 32.2. The van der Waals surface area contributed by atoms with E-state index < -0.39 is 35.3 Å². The number of anilines is 1. The van der Waals surface area contributed by atoms with Crippen molar-refractivity contribution >= 4 is 57.6 Å². The van der Waals surface area contributed by atoms with Crippen molar-refractivity contribution in [2.45, 2.75) is 30.5 Å². The van der Waals surface area contributed by atoms with Crippen molar-refractivity contribution < 1.29 is 33.7 Å². The van der Waals surface area contributed by atoms with E-state index >= 15 is 0 Å². The van der Waals surface area contributed by atoms with Crippen LogP contribution in [0.25, 0.3) is 0 Å². The van der Waals surface area contributed by atoms with Gasteiger partial charge in [-0.25, -0.2) is 9.55 Å². The third-order valence-electron chi connectivity index (χ3n) is 5.92. The highest BCUT2D eigenvalue weighted by Crippen LogP contribution is 2.40. The molecule has 37 heavy (non-hydrogen) atoms. The summed E-state index contributed by atoms with van der Waals surface area (Å²) in [5, 5.41) is 20.7. The Labute approximate surface area is 218 Å². The zero-order valence-electron chi connectivity index (χ0n) is 19.2. The van der Waals surface area contributed by atoms with Gasteiger partial charge in [-0.1, -0.05) is 22.6 Å². The van der Waals surface area contributed by atoms with Gasteiger partial charge in [0, 0.05) is 42.6 Å². The molecule has 2 fully saturated rings. The molecule has 0 aliphatic carbocycles. The number of amides is 3. The van der Waals surface area contributed by atoms with E-state index in [2.05, 4.69) is 20.8 Å². The summed E-state index contributed by atoms with van der Waals surface area (Å²) >= 11 is 2.32. The van der Waals surface area contributed by atoms with Gasteiger partial charge in [-0.15, -0.1) is 11.8 Å². The molecule has 0 aromatic carbocycles. The number of nitrogen functional groups attached to an aromatic ring is 1. The van der Waals surface area contributed by atoms with E-state index in [0.29, 0.717) is 24.3 Å². The zero-order valence-corrected chi connectivity index (χ0v) is 20.8. The number of carbonyl (C=O) groups excluding carboxylic acids is 4. The Morgan fingerprint density at radius 1 is 1.32 bits per heavy atom. The molecule has 15 heteroatoms. The summed E-state index contributed by atoms with van der Waals surface area (Å²) in [4.78, 5) is 60.7. The minimum atomic E-state index is -1.46. The number of nitrogens with one attached hydrogen (secondary N) is 2. The topological polar surface area (TPSA) is 183 Å². The van der Waals surface area contributed by atoms with E-state index in [4.69, 9.17) is 10.6 Å². The van der Waals surface area contributed by atoms with Crippen LogP contribution in [-0.2, 0) is 30.6 Å². The number of thioether (sulfide) groups is 1. The standard InChI is InChI=1S/C22H21N7O6S2/c23-22-25-8-13(37-22)14(27-35-12-4-5-24-17(12)30)18(31)26-15-19(32)29-16(21(33)34)11(10-36-20(15)29)9-28-6-2-1-3-7-28/h1-3,6-8,12,15,20H,4-5,9-10H2,(H4-,23,24,25,26,27,30,31,33,34). The van der Waals surface area contributed by atoms with Crippen LogP contribution in [-0.4, -0.2) is 69.1 Å². The maximum atomic E-state index is 13.2. The van der Waals surface area contributed by atoms with Crippen molar-refractivity contribution in [3.05, 3.63) is 52.9 Å². The van der Waals surface area contributed by atoms with Crippen molar-refractivity contribution in [3.63, 3.8) is 0 Å². The van der Waals surface area contributed by atoms with Crippen LogP contribution in [0.3, 0.4) is 0 Å². The number of carbonyl (C=O) groups is 4. The predicted octanol–water partition coefficient (Wildman–Crippen LogP) is -2.27. The number of nitrogens with zero attached hydrogens (tertiary/aromatic N) is 4. The van der Waals surface area contributed by atoms with Crippen LogP contribution in [0.2, 0.25) is 0 Å². The second kappa shape index (κ2) is 10.2. The average Bonchev–Trinajstić information content (AvgIpc) is 3.50. The molecule has 5 heterocycles. The van der Waals surface area contributed by atoms with Gasteiger partial charge in [0.25, 0.3) is 17.7 Å². The van der Waals surface area contributed by atoms with Crippen LogP contribution in [0.5, 0.6) is 0 Å². The van der Waals surface area contributed by atoms with E-state index in [1.54, 1.807) is 17.0 Å². The lowest BCUT2D eigenvalue weighted by atomic mass is 10.0. The number of carboxylic acids is 1. The number of aliphatic carboxylic acids is 1. The van der Waals surface area contributed by atoms with Gasteiger partial charge in [0.2, 0.25) is 6.10 Å². The molecule has 2 aromatic rings. The van der Waals surface area contributed by atoms with Gasteiger partial charge in [-0.2, -0.15) is 0 Å². The Balaban J connectivity index is 1.34. The van der Waals surface area contributed by atoms with Gasteiger partial charge in [-0.3, -0.25) is 19.3 Å². The van der Waals surface area contributed by atoms with Crippen LogP contribution < -0.4 is 26.0 Å². The second-order valence-electron chi connectivity index (χ2n) is 8.32. The van der Waals surface area contributed by atoms with Crippen LogP contribution in [0, 0.1) is 0 Å². The Hall–Kier alpha value is -3.98. The van der Waals surface area contributed by atoms with E-state index in [9.17, 15) is 24.3 Å². The summed E-state index contributed by atoms with van der Waals surface area (Å²) in [6.45, 7) is 0.707. The lowest BCUT2D eigenvalue weighted by Crippen LogP contribution is -2.71. The molecule has 3 aliphatic rings. The molecular formula is C22H21N7O6S2. The van der Waals surface area contributed by atoms with Crippen LogP contribution in [0.1, 0.15) is 11.3 Å². The fourth-order valence-corrected chi connectivity index (χ4v) is 6.14. The Kier molecular flexibility index (Phi) is 6.80. The zero-order chi connectivity index (χ0) is 26.1. The number of hydrogen-bond acceptors (Lipinski definition) is 11. The quantitative estimate of drug-likeness (QED) is 0.143. The number of β-lactam (4-membered cyclic amide) rings is 1. The van der Waals surface area contributed by atoms with Gasteiger partial charge < -0.3 is 31.1 Å². The van der Waals surface area contributed by atoms with Crippen molar-refractivity contribution in [3.8, 4) is 0 Å². The SMILES string of the molecule is Nc1ncc(/C(=N\OC2CCNC2=O)C(=O)NC2C(=O)N3C(C(=O)[O-])=C(C[n+]4ccccc4)CSC23)s1. The van der Waals surface area contributed by atoms with Gasteiger partial charge >= 0.3 is 0 Å². The van der Waals surface area contributed by atoms with Gasteiger partial charge in [0.15, 0.2) is 29.8 Å². The number of carboxylic acid groups (broad SMARTS) is 1. The Bertz CT molecular complexity index is 1330. The van der Waals surface area contributed by atoms with Gasteiger partial charge in [-0.05, 0) is 0 Å². The van der Waals surface area contributed by atoms with E-state index in [1.165, 1.54) is 18.0 Å². The number of aromatic nitrogens is 2. The van der Waals surface area contributed by atoms with Gasteiger partial charge in [0.1, 0.15) is 11.4 Å². The van der Waals surface area contributed by atoms with Gasteiger partial charge in [0.05, 0.1) is 16.5 Å². The van der Waals surface area contributed by atoms with Crippen LogP contribution >= 0.6 is 23.1 Å².